The highest BCUT2D eigenvalue weighted by Gasteiger charge is 2.51. The Labute approximate surface area is 117 Å². The molecule has 2 aromatic rings. The Kier molecular flexibility index (Phi) is 2.94. The van der Waals surface area contributed by atoms with Crippen molar-refractivity contribution in [1.82, 2.24) is 20.3 Å². The molecule has 8 heteroatoms. The number of carbonyl (C=O) groups excluding carboxylic acids is 1. The van der Waals surface area contributed by atoms with Gasteiger partial charge in [0, 0.05) is 17.8 Å². The molecular weight excluding hydrogens is 280 g/mol. The maximum absolute atomic E-state index is 12.0. The molecule has 0 unspecified atom stereocenters. The average Bonchev–Trinajstić information content (AvgIpc) is 3.07. The normalized spacial score (nSPS) is 15.6. The Hall–Kier alpha value is -2.35. The maximum atomic E-state index is 12.0. The van der Waals surface area contributed by atoms with E-state index in [1.165, 1.54) is 11.3 Å². The van der Waals surface area contributed by atoms with E-state index in [4.69, 9.17) is 5.11 Å². The molecule has 0 atom stereocenters. The molecule has 2 heterocycles. The van der Waals surface area contributed by atoms with E-state index in [1.807, 2.05) is 0 Å². The quantitative estimate of drug-likeness (QED) is 0.868. The number of hydrogen-bond acceptors (Lipinski definition) is 6. The molecule has 0 bridgehead atoms. The van der Waals surface area contributed by atoms with Gasteiger partial charge in [-0.2, -0.15) is 0 Å². The summed E-state index contributed by atoms with van der Waals surface area (Å²) in [5, 5.41) is 13.7. The number of rotatable bonds is 4. The number of aliphatic carboxylic acids is 1. The molecule has 1 amide bonds. The van der Waals surface area contributed by atoms with Crippen LogP contribution < -0.4 is 5.32 Å². The van der Waals surface area contributed by atoms with Crippen LogP contribution in [0.1, 0.15) is 23.3 Å². The molecule has 7 nitrogen and oxygen atoms in total. The molecular formula is C12H10N4O3S. The van der Waals surface area contributed by atoms with Gasteiger partial charge in [-0.15, -0.1) is 11.3 Å². The van der Waals surface area contributed by atoms with Gasteiger partial charge >= 0.3 is 5.97 Å². The van der Waals surface area contributed by atoms with Gasteiger partial charge in [-0.3, -0.25) is 14.8 Å². The van der Waals surface area contributed by atoms with Gasteiger partial charge in [0.1, 0.15) is 21.9 Å². The lowest BCUT2D eigenvalue weighted by molar-refractivity contribution is -0.140. The number of hydrogen-bond donors (Lipinski definition) is 2. The zero-order valence-corrected chi connectivity index (χ0v) is 11.1. The van der Waals surface area contributed by atoms with Crippen molar-refractivity contribution < 1.29 is 14.7 Å². The summed E-state index contributed by atoms with van der Waals surface area (Å²) in [5.41, 5.74) is -0.327. The smallest absolute Gasteiger partial charge is 0.329 e. The molecule has 2 N–H and O–H groups in total. The molecule has 3 rings (SSSR count). The topological polar surface area (TPSA) is 105 Å². The number of carbonyl (C=O) groups is 2. The first-order chi connectivity index (χ1) is 9.61. The van der Waals surface area contributed by atoms with Crippen LogP contribution in [0.5, 0.6) is 0 Å². The monoisotopic (exact) mass is 290 g/mol. The van der Waals surface area contributed by atoms with Gasteiger partial charge < -0.3 is 10.4 Å². The predicted molar refractivity (Wildman–Crippen MR) is 70.2 cm³/mol. The second-order valence-corrected chi connectivity index (χ2v) is 5.33. The summed E-state index contributed by atoms with van der Waals surface area (Å²) in [6.45, 7) is 0. The molecule has 1 aliphatic rings. The largest absolute Gasteiger partial charge is 0.480 e. The van der Waals surface area contributed by atoms with Crippen molar-refractivity contribution >= 4 is 23.2 Å². The lowest BCUT2D eigenvalue weighted by Crippen LogP contribution is -2.43. The third-order valence-corrected chi connectivity index (χ3v) is 3.90. The Bertz CT molecular complexity index is 666. The van der Waals surface area contributed by atoms with Gasteiger partial charge in [-0.1, -0.05) is 0 Å². The number of amides is 1. The summed E-state index contributed by atoms with van der Waals surface area (Å²) in [7, 11) is 0. The molecule has 1 fully saturated rings. The number of nitrogens with zero attached hydrogens (tertiary/aromatic N) is 3. The van der Waals surface area contributed by atoms with E-state index < -0.39 is 17.4 Å². The second kappa shape index (κ2) is 4.64. The van der Waals surface area contributed by atoms with E-state index in [-0.39, 0.29) is 5.69 Å². The Morgan fingerprint density at radius 2 is 2.15 bits per heavy atom. The lowest BCUT2D eigenvalue weighted by Gasteiger charge is -2.10. The van der Waals surface area contributed by atoms with Gasteiger partial charge in [-0.25, -0.2) is 9.78 Å². The molecule has 2 aromatic heterocycles. The van der Waals surface area contributed by atoms with Crippen LogP contribution in [-0.4, -0.2) is 37.5 Å². The van der Waals surface area contributed by atoms with Gasteiger partial charge in [0.15, 0.2) is 0 Å². The summed E-state index contributed by atoms with van der Waals surface area (Å²) in [6.07, 6.45) is 5.55. The van der Waals surface area contributed by atoms with Crippen molar-refractivity contribution in [3.8, 4) is 10.7 Å². The summed E-state index contributed by atoms with van der Waals surface area (Å²) in [6, 6.07) is 0. The van der Waals surface area contributed by atoms with Crippen molar-refractivity contribution in [3.05, 3.63) is 29.7 Å². The highest BCUT2D eigenvalue weighted by Crippen LogP contribution is 2.35. The van der Waals surface area contributed by atoms with Crippen LogP contribution in [-0.2, 0) is 4.79 Å². The second-order valence-electron chi connectivity index (χ2n) is 4.47. The highest BCUT2D eigenvalue weighted by atomic mass is 32.1. The van der Waals surface area contributed by atoms with Crippen LogP contribution in [0, 0.1) is 0 Å². The molecule has 0 aliphatic heterocycles. The van der Waals surface area contributed by atoms with Crippen molar-refractivity contribution in [3.63, 3.8) is 0 Å². The number of carboxylic acid groups (broad SMARTS) is 1. The predicted octanol–water partition coefficient (Wildman–Crippen LogP) is 0.947. The van der Waals surface area contributed by atoms with Gasteiger partial charge in [0.05, 0.1) is 6.20 Å². The average molecular weight is 290 g/mol. The highest BCUT2D eigenvalue weighted by molar-refractivity contribution is 7.13. The molecule has 102 valence electrons. The Morgan fingerprint density at radius 3 is 2.75 bits per heavy atom. The maximum Gasteiger partial charge on any atom is 0.329 e. The van der Waals surface area contributed by atoms with Crippen LogP contribution in [0.4, 0.5) is 0 Å². The minimum Gasteiger partial charge on any atom is -0.480 e. The Balaban J connectivity index is 1.77. The molecule has 0 spiro atoms. The van der Waals surface area contributed by atoms with E-state index >= 15 is 0 Å². The zero-order valence-electron chi connectivity index (χ0n) is 10.2. The molecule has 0 radical (unpaired) electrons. The zero-order chi connectivity index (χ0) is 14.2. The first-order valence-corrected chi connectivity index (χ1v) is 6.76. The van der Waals surface area contributed by atoms with Crippen LogP contribution in [0.25, 0.3) is 10.7 Å². The van der Waals surface area contributed by atoms with Crippen LogP contribution in [0.3, 0.4) is 0 Å². The Morgan fingerprint density at radius 1 is 1.35 bits per heavy atom. The summed E-state index contributed by atoms with van der Waals surface area (Å²) < 4.78 is 0. The molecule has 0 saturated heterocycles. The number of thiazole rings is 1. The van der Waals surface area contributed by atoms with Crippen LogP contribution >= 0.6 is 11.3 Å². The van der Waals surface area contributed by atoms with Crippen LogP contribution in [0.15, 0.2) is 24.0 Å². The minimum absolute atomic E-state index is 0.197. The summed E-state index contributed by atoms with van der Waals surface area (Å²) in [5.74, 6) is -1.48. The standard InChI is InChI=1S/C12H10N4O3S/c17-9(16-12(1-2-12)11(18)19)8-6-20-10(15-8)7-5-13-3-4-14-7/h3-6H,1-2H2,(H,16,17)(H,18,19). The lowest BCUT2D eigenvalue weighted by atomic mass is 10.2. The SMILES string of the molecule is O=C(NC1(C(=O)O)CC1)c1csc(-c2cnccn2)n1. The fourth-order valence-corrected chi connectivity index (χ4v) is 2.46. The third kappa shape index (κ3) is 2.25. The number of aromatic nitrogens is 3. The fraction of sp³-hybridized carbons (Fsp3) is 0.250. The van der Waals surface area contributed by atoms with Gasteiger partial charge in [0.25, 0.3) is 5.91 Å². The van der Waals surface area contributed by atoms with E-state index in [2.05, 4.69) is 20.3 Å². The fourth-order valence-electron chi connectivity index (χ4n) is 1.70. The molecule has 20 heavy (non-hydrogen) atoms. The van der Waals surface area contributed by atoms with E-state index in [0.717, 1.165) is 0 Å². The molecule has 1 aliphatic carbocycles. The van der Waals surface area contributed by atoms with Crippen molar-refractivity contribution in [2.45, 2.75) is 18.4 Å². The third-order valence-electron chi connectivity index (χ3n) is 3.03. The molecule has 1 saturated carbocycles. The van der Waals surface area contributed by atoms with Crippen molar-refractivity contribution in [2.75, 3.05) is 0 Å². The first-order valence-electron chi connectivity index (χ1n) is 5.88. The minimum atomic E-state index is -1.10. The van der Waals surface area contributed by atoms with Gasteiger partial charge in [0.2, 0.25) is 0 Å². The van der Waals surface area contributed by atoms with Crippen LogP contribution in [0.2, 0.25) is 0 Å². The van der Waals surface area contributed by atoms with Crippen molar-refractivity contribution in [2.24, 2.45) is 0 Å². The van der Waals surface area contributed by atoms with Crippen molar-refractivity contribution in [1.29, 1.82) is 0 Å². The number of nitrogens with one attached hydrogen (secondary N) is 1. The van der Waals surface area contributed by atoms with Gasteiger partial charge in [-0.05, 0) is 12.8 Å². The van der Waals surface area contributed by atoms with E-state index in [9.17, 15) is 9.59 Å². The number of carboxylic acids is 1. The first kappa shape index (κ1) is 12.7. The summed E-state index contributed by atoms with van der Waals surface area (Å²) in [4.78, 5) is 35.2. The summed E-state index contributed by atoms with van der Waals surface area (Å²) >= 11 is 1.26. The van der Waals surface area contributed by atoms with E-state index in [1.54, 1.807) is 24.0 Å². The van der Waals surface area contributed by atoms with E-state index in [0.29, 0.717) is 23.5 Å². The molecule has 0 aromatic carbocycles.